The fraction of sp³-hybridized carbons (Fsp3) is 0.429. The van der Waals surface area contributed by atoms with Crippen LogP contribution in [-0.2, 0) is 4.74 Å². The molecule has 6 heteroatoms. The highest BCUT2D eigenvalue weighted by molar-refractivity contribution is 7.98. The Morgan fingerprint density at radius 2 is 2.00 bits per heavy atom. The van der Waals surface area contributed by atoms with Crippen LogP contribution in [0.2, 0.25) is 0 Å². The molecule has 2 aromatic rings. The molecule has 2 heterocycles. The molecule has 0 saturated carbocycles. The van der Waals surface area contributed by atoms with E-state index in [1.54, 1.807) is 16.3 Å². The Labute approximate surface area is 120 Å². The van der Waals surface area contributed by atoms with Crippen molar-refractivity contribution in [3.05, 3.63) is 30.5 Å². The Kier molecular flexibility index (Phi) is 3.74. The van der Waals surface area contributed by atoms with Gasteiger partial charge in [-0.05, 0) is 30.5 Å². The van der Waals surface area contributed by atoms with E-state index in [9.17, 15) is 15.3 Å². The molecule has 3 rings (SSSR count). The van der Waals surface area contributed by atoms with Crippen molar-refractivity contribution in [1.29, 1.82) is 0 Å². The van der Waals surface area contributed by atoms with Crippen LogP contribution in [0.25, 0.3) is 10.9 Å². The minimum absolute atomic E-state index is 0.00542. The van der Waals surface area contributed by atoms with Gasteiger partial charge < -0.3 is 24.6 Å². The molecule has 1 aliphatic heterocycles. The topological polar surface area (TPSA) is 74.9 Å². The molecular weight excluding hydrogens is 278 g/mol. The van der Waals surface area contributed by atoms with Crippen LogP contribution in [-0.4, -0.2) is 51.1 Å². The van der Waals surface area contributed by atoms with Crippen molar-refractivity contribution in [3.8, 4) is 0 Å². The lowest BCUT2D eigenvalue weighted by Crippen LogP contribution is -2.50. The maximum absolute atomic E-state index is 10.1. The lowest BCUT2D eigenvalue weighted by molar-refractivity contribution is -0.209. The Bertz CT molecular complexity index is 614. The normalized spacial score (nSPS) is 30.8. The zero-order valence-corrected chi connectivity index (χ0v) is 11.8. The Morgan fingerprint density at radius 3 is 2.75 bits per heavy atom. The molecule has 1 aliphatic rings. The average Bonchev–Trinajstić information content (AvgIpc) is 2.88. The van der Waals surface area contributed by atoms with Crippen LogP contribution in [0.1, 0.15) is 6.23 Å². The highest BCUT2D eigenvalue weighted by Gasteiger charge is 2.38. The predicted octanol–water partition coefficient (Wildman–Crippen LogP) is 0.975. The van der Waals surface area contributed by atoms with Crippen molar-refractivity contribution < 1.29 is 20.1 Å². The summed E-state index contributed by atoms with van der Waals surface area (Å²) in [5.74, 6) is 0. The number of hydrogen-bond acceptors (Lipinski definition) is 5. The second-order valence-electron chi connectivity index (χ2n) is 4.92. The quantitative estimate of drug-likeness (QED) is 0.720. The molecule has 0 spiro atoms. The van der Waals surface area contributed by atoms with E-state index in [0.717, 1.165) is 15.8 Å². The highest BCUT2D eigenvalue weighted by atomic mass is 32.2. The molecule has 0 radical (unpaired) electrons. The van der Waals surface area contributed by atoms with E-state index in [-0.39, 0.29) is 6.61 Å². The van der Waals surface area contributed by atoms with Gasteiger partial charge in [0.25, 0.3) is 0 Å². The first-order valence-corrected chi connectivity index (χ1v) is 7.64. The van der Waals surface area contributed by atoms with Gasteiger partial charge in [-0.2, -0.15) is 0 Å². The molecule has 5 nitrogen and oxygen atoms in total. The maximum Gasteiger partial charge on any atom is 0.162 e. The predicted molar refractivity (Wildman–Crippen MR) is 76.7 cm³/mol. The van der Waals surface area contributed by atoms with Gasteiger partial charge in [0.15, 0.2) is 6.23 Å². The van der Waals surface area contributed by atoms with E-state index in [2.05, 4.69) is 6.07 Å². The second kappa shape index (κ2) is 5.38. The standard InChI is InChI=1S/C14H17NO4S/c1-20-9-2-3-10-8(6-9)4-5-15(10)14-13(18)12(17)11(16)7-19-14/h2-6,11-14,16-18H,7H2,1H3/t11-,12-,13+,14+/m0/s1. The fourth-order valence-electron chi connectivity index (χ4n) is 2.53. The molecule has 1 saturated heterocycles. The van der Waals surface area contributed by atoms with Gasteiger partial charge in [0, 0.05) is 16.5 Å². The Balaban J connectivity index is 1.98. The van der Waals surface area contributed by atoms with E-state index in [1.165, 1.54) is 0 Å². The minimum atomic E-state index is -1.20. The number of aromatic nitrogens is 1. The zero-order valence-electron chi connectivity index (χ0n) is 11.0. The van der Waals surface area contributed by atoms with Gasteiger partial charge in [0.2, 0.25) is 0 Å². The molecule has 4 atom stereocenters. The third kappa shape index (κ3) is 2.23. The largest absolute Gasteiger partial charge is 0.388 e. The Morgan fingerprint density at radius 1 is 1.20 bits per heavy atom. The van der Waals surface area contributed by atoms with Crippen LogP contribution >= 0.6 is 11.8 Å². The summed E-state index contributed by atoms with van der Waals surface area (Å²) in [6.45, 7) is 0.00542. The van der Waals surface area contributed by atoms with Crippen LogP contribution < -0.4 is 0 Å². The number of benzene rings is 1. The van der Waals surface area contributed by atoms with Gasteiger partial charge in [0.1, 0.15) is 18.3 Å². The van der Waals surface area contributed by atoms with E-state index in [1.807, 2.05) is 30.7 Å². The number of thioether (sulfide) groups is 1. The molecule has 1 fully saturated rings. The lowest BCUT2D eigenvalue weighted by atomic mass is 10.0. The van der Waals surface area contributed by atoms with Gasteiger partial charge in [0.05, 0.1) is 12.1 Å². The molecule has 1 aromatic carbocycles. The summed E-state index contributed by atoms with van der Waals surface area (Å²) in [6, 6.07) is 7.98. The van der Waals surface area contributed by atoms with Gasteiger partial charge in [-0.3, -0.25) is 0 Å². The molecule has 0 amide bonds. The number of nitrogens with zero attached hydrogens (tertiary/aromatic N) is 1. The molecule has 3 N–H and O–H groups in total. The van der Waals surface area contributed by atoms with Crippen molar-refractivity contribution in [1.82, 2.24) is 4.57 Å². The summed E-state index contributed by atoms with van der Waals surface area (Å²) in [7, 11) is 0. The van der Waals surface area contributed by atoms with Crippen LogP contribution in [0.5, 0.6) is 0 Å². The molecule has 0 unspecified atom stereocenters. The number of aliphatic hydroxyl groups is 3. The second-order valence-corrected chi connectivity index (χ2v) is 5.80. The minimum Gasteiger partial charge on any atom is -0.388 e. The zero-order chi connectivity index (χ0) is 14.3. The summed E-state index contributed by atoms with van der Waals surface area (Å²) in [5.41, 5.74) is 0.926. The summed E-state index contributed by atoms with van der Waals surface area (Å²) >= 11 is 1.67. The molecule has 0 aliphatic carbocycles. The summed E-state index contributed by atoms with van der Waals surface area (Å²) < 4.78 is 7.27. The summed E-state index contributed by atoms with van der Waals surface area (Å²) in [4.78, 5) is 1.16. The van der Waals surface area contributed by atoms with Crippen LogP contribution in [0, 0.1) is 0 Å². The average molecular weight is 295 g/mol. The molecule has 0 bridgehead atoms. The van der Waals surface area contributed by atoms with Crippen molar-refractivity contribution in [2.45, 2.75) is 29.4 Å². The molecule has 20 heavy (non-hydrogen) atoms. The Hall–Kier alpha value is -1.05. The SMILES string of the molecule is CSc1ccc2c(ccn2[C@@H]2OC[C@H](O)[C@H](O)[C@H]2O)c1. The highest BCUT2D eigenvalue weighted by Crippen LogP contribution is 2.30. The van der Waals surface area contributed by atoms with E-state index < -0.39 is 24.5 Å². The number of ether oxygens (including phenoxy) is 1. The summed E-state index contributed by atoms with van der Waals surface area (Å²) in [5, 5.41) is 30.4. The summed E-state index contributed by atoms with van der Waals surface area (Å²) in [6.07, 6.45) is -0.250. The molecule has 1 aromatic heterocycles. The monoisotopic (exact) mass is 295 g/mol. The van der Waals surface area contributed by atoms with Gasteiger partial charge in [-0.15, -0.1) is 11.8 Å². The van der Waals surface area contributed by atoms with E-state index >= 15 is 0 Å². The van der Waals surface area contributed by atoms with E-state index in [0.29, 0.717) is 0 Å². The lowest BCUT2D eigenvalue weighted by Gasteiger charge is -2.36. The smallest absolute Gasteiger partial charge is 0.162 e. The van der Waals surface area contributed by atoms with Crippen molar-refractivity contribution >= 4 is 22.7 Å². The number of fused-ring (bicyclic) bond motifs is 1. The van der Waals surface area contributed by atoms with Crippen LogP contribution in [0.4, 0.5) is 0 Å². The van der Waals surface area contributed by atoms with E-state index in [4.69, 9.17) is 4.74 Å². The number of hydrogen-bond donors (Lipinski definition) is 3. The van der Waals surface area contributed by atoms with Gasteiger partial charge in [-0.25, -0.2) is 0 Å². The van der Waals surface area contributed by atoms with Crippen molar-refractivity contribution in [2.24, 2.45) is 0 Å². The molecule has 108 valence electrons. The third-order valence-electron chi connectivity index (χ3n) is 3.68. The maximum atomic E-state index is 10.1. The van der Waals surface area contributed by atoms with Gasteiger partial charge >= 0.3 is 0 Å². The fourth-order valence-corrected chi connectivity index (χ4v) is 2.98. The third-order valence-corrected chi connectivity index (χ3v) is 4.40. The van der Waals surface area contributed by atoms with Crippen molar-refractivity contribution in [3.63, 3.8) is 0 Å². The van der Waals surface area contributed by atoms with Crippen LogP contribution in [0.15, 0.2) is 35.4 Å². The molecular formula is C14H17NO4S. The van der Waals surface area contributed by atoms with Gasteiger partial charge in [-0.1, -0.05) is 0 Å². The number of rotatable bonds is 2. The first-order valence-electron chi connectivity index (χ1n) is 6.42. The van der Waals surface area contributed by atoms with Crippen LogP contribution in [0.3, 0.4) is 0 Å². The number of aliphatic hydroxyl groups excluding tert-OH is 3. The first-order chi connectivity index (χ1) is 9.61. The van der Waals surface area contributed by atoms with Crippen molar-refractivity contribution in [2.75, 3.05) is 12.9 Å². The first kappa shape index (κ1) is 13.9.